The molecule has 0 aromatic heterocycles. The van der Waals surface area contributed by atoms with Crippen LogP contribution in [-0.4, -0.2) is 71.5 Å². The molecule has 6 N–H and O–H groups in total. The number of nitrogens with one attached hydrogen (secondary N) is 5. The van der Waals surface area contributed by atoms with Crippen LogP contribution in [0.3, 0.4) is 0 Å². The zero-order valence-electron chi connectivity index (χ0n) is 24.0. The van der Waals surface area contributed by atoms with E-state index in [1.165, 1.54) is 0 Å². The summed E-state index contributed by atoms with van der Waals surface area (Å²) < 4.78 is 0. The fourth-order valence-corrected chi connectivity index (χ4v) is 5.88. The van der Waals surface area contributed by atoms with Crippen LogP contribution in [0.5, 0.6) is 0 Å². The number of carbonyl (C=O) groups excluding carboxylic acids is 5. The Balaban J connectivity index is 1.46. The zero-order valence-corrected chi connectivity index (χ0v) is 24.8. The van der Waals surface area contributed by atoms with Crippen molar-refractivity contribution in [3.05, 3.63) is 34.9 Å². The Morgan fingerprint density at radius 2 is 1.64 bits per heavy atom. The maximum absolute atomic E-state index is 13.6. The Morgan fingerprint density at radius 1 is 0.952 bits per heavy atom. The molecule has 3 aliphatic rings. The minimum Gasteiger partial charge on any atom is -0.381 e. The summed E-state index contributed by atoms with van der Waals surface area (Å²) in [5, 5.41) is 25.4. The molecule has 11 nitrogen and oxygen atoms in total. The van der Waals surface area contributed by atoms with Gasteiger partial charge in [0.2, 0.25) is 17.7 Å². The molecule has 5 amide bonds. The molecule has 5 atom stereocenters. The first-order valence-corrected chi connectivity index (χ1v) is 15.5. The highest BCUT2D eigenvalue weighted by molar-refractivity contribution is 6.30. The summed E-state index contributed by atoms with van der Waals surface area (Å²) in [6.07, 6.45) is 5.07. The molecule has 0 bridgehead atoms. The monoisotopic (exact) mass is 603 g/mol. The molecule has 230 valence electrons. The number of hydrogen-bond acceptors (Lipinski definition) is 6. The van der Waals surface area contributed by atoms with Gasteiger partial charge in [0.25, 0.3) is 11.8 Å². The second-order valence-corrected chi connectivity index (χ2v) is 12.1. The Hall–Kier alpha value is -3.18. The van der Waals surface area contributed by atoms with Crippen molar-refractivity contribution in [3.8, 4) is 0 Å². The number of hydrogen-bond donors (Lipinski definition) is 6. The highest BCUT2D eigenvalue weighted by Crippen LogP contribution is 2.28. The van der Waals surface area contributed by atoms with Crippen molar-refractivity contribution in [2.24, 2.45) is 11.8 Å². The largest absolute Gasteiger partial charge is 0.381 e. The van der Waals surface area contributed by atoms with E-state index in [0.717, 1.165) is 38.5 Å². The highest BCUT2D eigenvalue weighted by atomic mass is 35.5. The van der Waals surface area contributed by atoms with Gasteiger partial charge in [0.1, 0.15) is 12.1 Å². The van der Waals surface area contributed by atoms with Crippen LogP contribution in [0, 0.1) is 11.8 Å². The summed E-state index contributed by atoms with van der Waals surface area (Å²) in [4.78, 5) is 65.1. The summed E-state index contributed by atoms with van der Waals surface area (Å²) >= 11 is 5.95. The topological polar surface area (TPSA) is 166 Å². The van der Waals surface area contributed by atoms with Crippen LogP contribution in [0.2, 0.25) is 5.02 Å². The number of carbonyl (C=O) groups is 5. The van der Waals surface area contributed by atoms with Gasteiger partial charge in [-0.3, -0.25) is 24.0 Å². The van der Waals surface area contributed by atoms with Crippen molar-refractivity contribution in [1.82, 2.24) is 26.6 Å². The third-order valence-corrected chi connectivity index (χ3v) is 8.61. The summed E-state index contributed by atoms with van der Waals surface area (Å²) in [6.45, 7) is 2.37. The first kappa shape index (κ1) is 31.7. The first-order valence-electron chi connectivity index (χ1n) is 15.1. The standard InChI is InChI=1S/C30H42ClN5O6/c1-2-5-22(28(40)35-23(16-19-14-15-32-26(19)38)25(37)30(42)33-21-12-13-21)34-29(41)24(17-6-3-4-7-17)36-27(39)18-8-10-20(31)11-9-18/h8-11,17,19,21-25,37H,2-7,12-16H2,1H3,(H,32,38)(H,33,42)(H,34,41)(H,35,40)(H,36,39)/t19-,22-,23-,24+,25?/m0/s1. The Kier molecular flexibility index (Phi) is 11.2. The molecule has 1 heterocycles. The molecule has 1 aliphatic heterocycles. The molecule has 1 aromatic carbocycles. The van der Waals surface area contributed by atoms with Gasteiger partial charge in [0.15, 0.2) is 6.10 Å². The van der Waals surface area contributed by atoms with Crippen molar-refractivity contribution in [3.63, 3.8) is 0 Å². The molecule has 0 spiro atoms. The van der Waals surface area contributed by atoms with Crippen LogP contribution < -0.4 is 26.6 Å². The first-order chi connectivity index (χ1) is 20.2. The number of halogens is 1. The SMILES string of the molecule is CCC[C@H](NC(=O)[C@H](NC(=O)c1ccc(Cl)cc1)C1CCCC1)C(=O)N[C@@H](C[C@@H]1CCNC1=O)C(O)C(=O)NC1CC1. The van der Waals surface area contributed by atoms with Crippen molar-refractivity contribution >= 4 is 41.1 Å². The molecule has 1 unspecified atom stereocenters. The summed E-state index contributed by atoms with van der Waals surface area (Å²) in [6, 6.07) is 3.58. The van der Waals surface area contributed by atoms with E-state index in [0.29, 0.717) is 36.4 Å². The van der Waals surface area contributed by atoms with Gasteiger partial charge < -0.3 is 31.7 Å². The molecule has 2 aliphatic carbocycles. The Bertz CT molecular complexity index is 1140. The number of aliphatic hydroxyl groups is 1. The average Bonchev–Trinajstić information content (AvgIpc) is 3.43. The lowest BCUT2D eigenvalue weighted by Gasteiger charge is -2.29. The van der Waals surface area contributed by atoms with Gasteiger partial charge in [-0.15, -0.1) is 0 Å². The number of aliphatic hydroxyl groups excluding tert-OH is 1. The molecule has 4 rings (SSSR count). The normalized spacial score (nSPS) is 21.5. The molecular formula is C30H42ClN5O6. The third kappa shape index (κ3) is 8.67. The lowest BCUT2D eigenvalue weighted by molar-refractivity contribution is -0.135. The Labute approximate surface area is 251 Å². The minimum atomic E-state index is -1.55. The fraction of sp³-hybridized carbons (Fsp3) is 0.633. The highest BCUT2D eigenvalue weighted by Gasteiger charge is 2.38. The van der Waals surface area contributed by atoms with Gasteiger partial charge in [0, 0.05) is 29.1 Å². The van der Waals surface area contributed by atoms with E-state index in [1.807, 2.05) is 6.92 Å². The predicted octanol–water partition coefficient (Wildman–Crippen LogP) is 1.56. The molecule has 3 fully saturated rings. The van der Waals surface area contributed by atoms with Crippen molar-refractivity contribution in [1.29, 1.82) is 0 Å². The van der Waals surface area contributed by atoms with E-state index in [9.17, 15) is 29.1 Å². The number of benzene rings is 1. The van der Waals surface area contributed by atoms with Crippen LogP contribution in [0.25, 0.3) is 0 Å². The van der Waals surface area contributed by atoms with E-state index in [2.05, 4.69) is 26.6 Å². The van der Waals surface area contributed by atoms with Crippen LogP contribution in [0.15, 0.2) is 24.3 Å². The number of rotatable bonds is 14. The van der Waals surface area contributed by atoms with E-state index in [4.69, 9.17) is 11.6 Å². The van der Waals surface area contributed by atoms with E-state index < -0.39 is 53.8 Å². The van der Waals surface area contributed by atoms with E-state index in [-0.39, 0.29) is 24.3 Å². The lowest BCUT2D eigenvalue weighted by atomic mass is 9.93. The second-order valence-electron chi connectivity index (χ2n) is 11.7. The van der Waals surface area contributed by atoms with Crippen LogP contribution >= 0.6 is 11.6 Å². The molecular weight excluding hydrogens is 562 g/mol. The van der Waals surface area contributed by atoms with Crippen molar-refractivity contribution in [2.75, 3.05) is 6.54 Å². The fourth-order valence-electron chi connectivity index (χ4n) is 5.76. The van der Waals surface area contributed by atoms with Gasteiger partial charge in [-0.2, -0.15) is 0 Å². The number of amides is 5. The van der Waals surface area contributed by atoms with Gasteiger partial charge in [-0.05, 0) is 75.1 Å². The summed E-state index contributed by atoms with van der Waals surface area (Å²) in [5.41, 5.74) is 0.371. The molecule has 2 saturated carbocycles. The zero-order chi connectivity index (χ0) is 30.2. The minimum absolute atomic E-state index is 0.0148. The molecule has 42 heavy (non-hydrogen) atoms. The second kappa shape index (κ2) is 14.8. The van der Waals surface area contributed by atoms with Crippen LogP contribution in [-0.2, 0) is 19.2 Å². The molecule has 0 radical (unpaired) electrons. The summed E-state index contributed by atoms with van der Waals surface area (Å²) in [7, 11) is 0. The Morgan fingerprint density at radius 3 is 2.24 bits per heavy atom. The maximum atomic E-state index is 13.6. The molecule has 12 heteroatoms. The third-order valence-electron chi connectivity index (χ3n) is 8.36. The van der Waals surface area contributed by atoms with Crippen molar-refractivity contribution < 1.29 is 29.1 Å². The summed E-state index contributed by atoms with van der Waals surface area (Å²) in [5.74, 6) is -2.73. The smallest absolute Gasteiger partial charge is 0.251 e. The van der Waals surface area contributed by atoms with E-state index >= 15 is 0 Å². The average molecular weight is 604 g/mol. The predicted molar refractivity (Wildman–Crippen MR) is 156 cm³/mol. The van der Waals surface area contributed by atoms with Gasteiger partial charge in [0.05, 0.1) is 6.04 Å². The molecule has 1 aromatic rings. The van der Waals surface area contributed by atoms with Gasteiger partial charge in [-0.1, -0.05) is 37.8 Å². The van der Waals surface area contributed by atoms with Gasteiger partial charge >= 0.3 is 0 Å². The van der Waals surface area contributed by atoms with Gasteiger partial charge in [-0.25, -0.2) is 0 Å². The lowest BCUT2D eigenvalue weighted by Crippen LogP contribution is -2.59. The quantitative estimate of drug-likeness (QED) is 0.189. The maximum Gasteiger partial charge on any atom is 0.251 e. The van der Waals surface area contributed by atoms with Crippen LogP contribution in [0.1, 0.15) is 81.5 Å². The molecule has 1 saturated heterocycles. The van der Waals surface area contributed by atoms with E-state index in [1.54, 1.807) is 24.3 Å². The van der Waals surface area contributed by atoms with Crippen molar-refractivity contribution in [2.45, 2.75) is 101 Å². The van der Waals surface area contributed by atoms with Crippen LogP contribution in [0.4, 0.5) is 0 Å².